The predicted molar refractivity (Wildman–Crippen MR) is 79.7 cm³/mol. The first kappa shape index (κ1) is 14.9. The summed E-state index contributed by atoms with van der Waals surface area (Å²) < 4.78 is 0.969. The van der Waals surface area contributed by atoms with Crippen LogP contribution in [0.1, 0.15) is 11.3 Å². The van der Waals surface area contributed by atoms with E-state index in [-0.39, 0.29) is 0 Å². The summed E-state index contributed by atoms with van der Waals surface area (Å²) in [6.45, 7) is 0. The van der Waals surface area contributed by atoms with E-state index in [1.165, 1.54) is 12.4 Å². The number of halogens is 2. The van der Waals surface area contributed by atoms with Crippen molar-refractivity contribution in [3.05, 3.63) is 57.5 Å². The summed E-state index contributed by atoms with van der Waals surface area (Å²) in [5.41, 5.74) is 1.60. The molecule has 104 valence electrons. The fourth-order valence-corrected chi connectivity index (χ4v) is 2.21. The summed E-state index contributed by atoms with van der Waals surface area (Å²) in [4.78, 5) is 19.4. The van der Waals surface area contributed by atoms with Gasteiger partial charge in [0.25, 0.3) is 0 Å². The maximum Gasteiger partial charge on any atom is 0.307 e. The minimum absolute atomic E-state index is 0.300. The van der Waals surface area contributed by atoms with Crippen molar-refractivity contribution >= 4 is 33.5 Å². The zero-order chi connectivity index (χ0) is 14.5. The summed E-state index contributed by atoms with van der Waals surface area (Å²) in [6, 6.07) is 7.62. The van der Waals surface area contributed by atoms with Gasteiger partial charge in [-0.1, -0.05) is 39.7 Å². The molecule has 1 N–H and O–H groups in total. The Hall–Kier alpha value is -1.46. The van der Waals surface area contributed by atoms with Gasteiger partial charge in [-0.15, -0.1) is 0 Å². The molecule has 0 aliphatic rings. The summed E-state index contributed by atoms with van der Waals surface area (Å²) in [6.07, 6.45) is 3.72. The molecule has 2 rings (SSSR count). The van der Waals surface area contributed by atoms with E-state index in [9.17, 15) is 9.90 Å². The van der Waals surface area contributed by atoms with Crippen molar-refractivity contribution in [2.75, 3.05) is 0 Å². The number of hydrogen-bond acceptors (Lipinski definition) is 3. The number of carboxylic acid groups (broad SMARTS) is 1. The molecular formula is C14H12BrClN2O2. The lowest BCUT2D eigenvalue weighted by molar-refractivity contribution is -0.141. The van der Waals surface area contributed by atoms with Crippen molar-refractivity contribution in [2.24, 2.45) is 5.92 Å². The third-order valence-corrected chi connectivity index (χ3v) is 3.60. The van der Waals surface area contributed by atoms with Crippen LogP contribution in [0.2, 0.25) is 5.15 Å². The van der Waals surface area contributed by atoms with Gasteiger partial charge in [-0.3, -0.25) is 9.78 Å². The Morgan fingerprint density at radius 1 is 1.20 bits per heavy atom. The molecule has 1 atom stereocenters. The number of nitrogens with zero attached hydrogens (tertiary/aromatic N) is 2. The third kappa shape index (κ3) is 4.28. The van der Waals surface area contributed by atoms with Gasteiger partial charge in [-0.25, -0.2) is 4.98 Å². The highest BCUT2D eigenvalue weighted by atomic mass is 79.9. The van der Waals surface area contributed by atoms with Crippen molar-refractivity contribution in [3.8, 4) is 0 Å². The van der Waals surface area contributed by atoms with Crippen LogP contribution in [-0.4, -0.2) is 21.0 Å². The van der Waals surface area contributed by atoms with E-state index >= 15 is 0 Å². The highest BCUT2D eigenvalue weighted by Gasteiger charge is 2.19. The van der Waals surface area contributed by atoms with Gasteiger partial charge in [0.15, 0.2) is 0 Å². The normalized spacial score (nSPS) is 12.1. The van der Waals surface area contributed by atoms with Crippen molar-refractivity contribution in [3.63, 3.8) is 0 Å². The molecule has 1 heterocycles. The highest BCUT2D eigenvalue weighted by Crippen LogP contribution is 2.17. The lowest BCUT2D eigenvalue weighted by atomic mass is 9.95. The predicted octanol–water partition coefficient (Wildman–Crippen LogP) is 3.38. The molecule has 2 aromatic rings. The number of benzene rings is 1. The third-order valence-electron chi connectivity index (χ3n) is 2.87. The van der Waals surface area contributed by atoms with Crippen LogP contribution in [0.25, 0.3) is 0 Å². The quantitative estimate of drug-likeness (QED) is 0.893. The molecule has 1 unspecified atom stereocenters. The lowest BCUT2D eigenvalue weighted by Gasteiger charge is -2.12. The molecular weight excluding hydrogens is 344 g/mol. The Labute approximate surface area is 130 Å². The second-order valence-electron chi connectivity index (χ2n) is 4.40. The molecule has 0 aliphatic carbocycles. The largest absolute Gasteiger partial charge is 0.481 e. The van der Waals surface area contributed by atoms with Crippen LogP contribution in [0.15, 0.2) is 41.1 Å². The van der Waals surface area contributed by atoms with Crippen LogP contribution in [0.3, 0.4) is 0 Å². The maximum absolute atomic E-state index is 11.4. The number of carboxylic acids is 1. The van der Waals surface area contributed by atoms with Crippen LogP contribution in [0.4, 0.5) is 0 Å². The van der Waals surface area contributed by atoms with Crippen LogP contribution < -0.4 is 0 Å². The Morgan fingerprint density at radius 3 is 2.45 bits per heavy atom. The smallest absolute Gasteiger partial charge is 0.307 e. The fourth-order valence-electron chi connectivity index (χ4n) is 1.85. The van der Waals surface area contributed by atoms with Gasteiger partial charge in [0.1, 0.15) is 5.15 Å². The van der Waals surface area contributed by atoms with E-state index in [1.807, 2.05) is 24.3 Å². The molecule has 0 saturated heterocycles. The molecule has 0 bridgehead atoms. The summed E-state index contributed by atoms with van der Waals surface area (Å²) in [7, 11) is 0. The van der Waals surface area contributed by atoms with E-state index in [0.29, 0.717) is 23.7 Å². The monoisotopic (exact) mass is 354 g/mol. The second kappa shape index (κ2) is 6.81. The van der Waals surface area contributed by atoms with Crippen molar-refractivity contribution in [1.82, 2.24) is 9.97 Å². The number of carbonyl (C=O) groups is 1. The van der Waals surface area contributed by atoms with Gasteiger partial charge >= 0.3 is 5.97 Å². The molecule has 6 heteroatoms. The Balaban J connectivity index is 2.09. The number of aliphatic carboxylic acids is 1. The summed E-state index contributed by atoms with van der Waals surface area (Å²) >= 11 is 9.02. The van der Waals surface area contributed by atoms with Gasteiger partial charge in [0.05, 0.1) is 24.0 Å². The Bertz CT molecular complexity index is 540. The molecule has 0 aliphatic heterocycles. The van der Waals surface area contributed by atoms with Crippen molar-refractivity contribution in [2.45, 2.75) is 12.8 Å². The van der Waals surface area contributed by atoms with Gasteiger partial charge in [-0.2, -0.15) is 0 Å². The first-order valence-corrected chi connectivity index (χ1v) is 7.15. The number of hydrogen-bond donors (Lipinski definition) is 1. The van der Waals surface area contributed by atoms with Crippen LogP contribution >= 0.6 is 27.5 Å². The molecule has 0 radical (unpaired) electrons. The van der Waals surface area contributed by atoms with Crippen LogP contribution in [0, 0.1) is 5.92 Å². The molecule has 1 aromatic carbocycles. The molecule has 1 aromatic heterocycles. The maximum atomic E-state index is 11.4. The topological polar surface area (TPSA) is 63.1 Å². The van der Waals surface area contributed by atoms with E-state index in [2.05, 4.69) is 25.9 Å². The highest BCUT2D eigenvalue weighted by molar-refractivity contribution is 9.10. The van der Waals surface area contributed by atoms with Gasteiger partial charge < -0.3 is 5.11 Å². The first-order chi connectivity index (χ1) is 9.54. The average molecular weight is 356 g/mol. The minimum Gasteiger partial charge on any atom is -0.481 e. The SMILES string of the molecule is O=C(O)C(Cc1ccc(Br)cc1)Cc1cnc(Cl)cn1. The molecule has 0 amide bonds. The van der Waals surface area contributed by atoms with Crippen molar-refractivity contribution < 1.29 is 9.90 Å². The molecule has 20 heavy (non-hydrogen) atoms. The van der Waals surface area contributed by atoms with Gasteiger partial charge in [-0.05, 0) is 24.1 Å². The number of rotatable bonds is 5. The van der Waals surface area contributed by atoms with Crippen molar-refractivity contribution in [1.29, 1.82) is 0 Å². The molecule has 4 nitrogen and oxygen atoms in total. The Kier molecular flexibility index (Phi) is 5.09. The summed E-state index contributed by atoms with van der Waals surface area (Å²) in [5, 5.41) is 9.62. The molecule has 0 saturated carbocycles. The standard InChI is InChI=1S/C14H12BrClN2O2/c15-11-3-1-9(2-4-11)5-10(14(19)20)6-12-7-18-13(16)8-17-12/h1-4,7-8,10H,5-6H2,(H,19,20). The molecule has 0 spiro atoms. The van der Waals surface area contributed by atoms with Crippen LogP contribution in [-0.2, 0) is 17.6 Å². The first-order valence-electron chi connectivity index (χ1n) is 5.98. The zero-order valence-electron chi connectivity index (χ0n) is 10.5. The second-order valence-corrected chi connectivity index (χ2v) is 5.70. The Morgan fingerprint density at radius 2 is 1.90 bits per heavy atom. The average Bonchev–Trinajstić information content (AvgIpc) is 2.42. The van der Waals surface area contributed by atoms with Gasteiger partial charge in [0, 0.05) is 10.9 Å². The minimum atomic E-state index is -0.843. The fraction of sp³-hybridized carbons (Fsp3) is 0.214. The van der Waals surface area contributed by atoms with Crippen LogP contribution in [0.5, 0.6) is 0 Å². The summed E-state index contributed by atoms with van der Waals surface area (Å²) in [5.74, 6) is -1.38. The van der Waals surface area contributed by atoms with Gasteiger partial charge in [0.2, 0.25) is 0 Å². The lowest BCUT2D eigenvalue weighted by Crippen LogP contribution is -2.19. The molecule has 0 fully saturated rings. The van der Waals surface area contributed by atoms with E-state index in [4.69, 9.17) is 11.6 Å². The van der Waals surface area contributed by atoms with E-state index in [0.717, 1.165) is 10.0 Å². The van der Waals surface area contributed by atoms with E-state index < -0.39 is 11.9 Å². The zero-order valence-corrected chi connectivity index (χ0v) is 12.8. The van der Waals surface area contributed by atoms with E-state index in [1.54, 1.807) is 0 Å². The number of aromatic nitrogens is 2.